The Kier molecular flexibility index (Phi) is 7.79. The number of nitrogens with zero attached hydrogens (tertiary/aromatic N) is 3. The molecule has 1 atom stereocenters. The molecule has 1 aliphatic heterocycles. The van der Waals surface area contributed by atoms with Crippen molar-refractivity contribution in [1.29, 1.82) is 0 Å². The Balaban J connectivity index is 1.72. The van der Waals surface area contributed by atoms with Gasteiger partial charge in [-0.15, -0.1) is 0 Å². The highest BCUT2D eigenvalue weighted by molar-refractivity contribution is 5.92. The maximum Gasteiger partial charge on any atom is 0.273 e. The van der Waals surface area contributed by atoms with Crippen LogP contribution in [0.5, 0.6) is 0 Å². The minimum Gasteiger partial charge on any atom is -0.447 e. The maximum atomic E-state index is 11.9. The molecule has 2 rings (SSSR count). The molecule has 1 aromatic rings. The Bertz CT molecular complexity index is 589. The maximum absolute atomic E-state index is 11.9. The van der Waals surface area contributed by atoms with E-state index in [1.165, 1.54) is 6.26 Å². The van der Waals surface area contributed by atoms with Gasteiger partial charge in [-0.25, -0.2) is 4.98 Å². The molecule has 2 N–H and O–H groups in total. The van der Waals surface area contributed by atoms with Crippen molar-refractivity contribution < 1.29 is 19.1 Å². The Morgan fingerprint density at radius 2 is 1.93 bits per heavy atom. The van der Waals surface area contributed by atoms with Gasteiger partial charge in [0.2, 0.25) is 5.89 Å². The molecule has 8 nitrogen and oxygen atoms in total. The van der Waals surface area contributed by atoms with E-state index < -0.39 is 6.10 Å². The summed E-state index contributed by atoms with van der Waals surface area (Å²) in [5.41, 5.74) is 0.0833. The molecule has 1 fully saturated rings. The van der Waals surface area contributed by atoms with Crippen LogP contribution >= 0.6 is 0 Å². The number of β-amino-alcohol motifs (C(OH)–C–C–N with tert-alkyl or cyclic N) is 1. The van der Waals surface area contributed by atoms with Crippen LogP contribution in [0.4, 0.5) is 0 Å². The van der Waals surface area contributed by atoms with Gasteiger partial charge in [-0.05, 0) is 34.6 Å². The Morgan fingerprint density at radius 1 is 1.30 bits per heavy atom. The second-order valence-corrected chi connectivity index (χ2v) is 8.41. The normalized spacial score (nSPS) is 18.0. The van der Waals surface area contributed by atoms with Crippen LogP contribution in [-0.4, -0.2) is 82.9 Å². The Morgan fingerprint density at radius 3 is 2.52 bits per heavy atom. The first-order chi connectivity index (χ1) is 12.6. The van der Waals surface area contributed by atoms with Crippen molar-refractivity contribution in [1.82, 2.24) is 20.1 Å². The summed E-state index contributed by atoms with van der Waals surface area (Å²) >= 11 is 0. The van der Waals surface area contributed by atoms with E-state index in [1.54, 1.807) is 0 Å². The summed E-state index contributed by atoms with van der Waals surface area (Å²) in [4.78, 5) is 20.7. The van der Waals surface area contributed by atoms with Crippen LogP contribution in [0, 0.1) is 0 Å². The monoisotopic (exact) mass is 382 g/mol. The van der Waals surface area contributed by atoms with Crippen LogP contribution in [0.2, 0.25) is 0 Å². The van der Waals surface area contributed by atoms with Crippen LogP contribution in [0.25, 0.3) is 0 Å². The van der Waals surface area contributed by atoms with Crippen LogP contribution in [0.1, 0.15) is 51.0 Å². The molecule has 1 amide bonds. The number of aliphatic hydroxyl groups is 1. The lowest BCUT2D eigenvalue weighted by atomic mass is 10.2. The zero-order valence-electron chi connectivity index (χ0n) is 17.2. The molecule has 1 aromatic heterocycles. The van der Waals surface area contributed by atoms with E-state index in [0.717, 1.165) is 26.2 Å². The number of oxazole rings is 1. The highest BCUT2D eigenvalue weighted by atomic mass is 16.5. The lowest BCUT2D eigenvalue weighted by molar-refractivity contribution is -0.0588. The summed E-state index contributed by atoms with van der Waals surface area (Å²) in [5, 5.41) is 12.9. The lowest BCUT2D eigenvalue weighted by Gasteiger charge is -2.35. The topological polar surface area (TPSA) is 91.1 Å². The molecule has 8 heteroatoms. The van der Waals surface area contributed by atoms with Crippen molar-refractivity contribution in [2.75, 3.05) is 39.3 Å². The van der Waals surface area contributed by atoms with Gasteiger partial charge in [0.1, 0.15) is 6.26 Å². The van der Waals surface area contributed by atoms with Gasteiger partial charge in [-0.1, -0.05) is 0 Å². The lowest BCUT2D eigenvalue weighted by Crippen LogP contribution is -2.49. The van der Waals surface area contributed by atoms with E-state index in [4.69, 9.17) is 9.15 Å². The first-order valence-corrected chi connectivity index (χ1v) is 9.64. The number of carbonyl (C=O) groups excluding carboxylic acids is 1. The van der Waals surface area contributed by atoms with Crippen molar-refractivity contribution in [3.63, 3.8) is 0 Å². The molecule has 2 heterocycles. The molecular formula is C19H34N4O4. The fraction of sp³-hybridized carbons (Fsp3) is 0.789. The number of piperazine rings is 1. The summed E-state index contributed by atoms with van der Waals surface area (Å²) in [6.07, 6.45) is 0.930. The van der Waals surface area contributed by atoms with Gasteiger partial charge >= 0.3 is 0 Å². The Hall–Kier alpha value is -1.48. The molecule has 0 aromatic carbocycles. The molecule has 1 saturated heterocycles. The highest BCUT2D eigenvalue weighted by Crippen LogP contribution is 2.11. The second-order valence-electron chi connectivity index (χ2n) is 8.41. The predicted molar refractivity (Wildman–Crippen MR) is 103 cm³/mol. The largest absolute Gasteiger partial charge is 0.447 e. The number of aliphatic hydroxyl groups excluding tert-OH is 1. The number of hydrogen-bond acceptors (Lipinski definition) is 7. The second kappa shape index (κ2) is 9.64. The van der Waals surface area contributed by atoms with Crippen molar-refractivity contribution in [3.05, 3.63) is 17.8 Å². The van der Waals surface area contributed by atoms with Gasteiger partial charge in [0.25, 0.3) is 5.91 Å². The molecule has 154 valence electrons. The molecule has 0 radical (unpaired) electrons. The van der Waals surface area contributed by atoms with Crippen LogP contribution in [-0.2, 0) is 11.3 Å². The molecule has 0 spiro atoms. The number of rotatable bonds is 8. The summed E-state index contributed by atoms with van der Waals surface area (Å²) in [7, 11) is 0. The summed E-state index contributed by atoms with van der Waals surface area (Å²) in [6.45, 7) is 14.8. The first kappa shape index (κ1) is 21.8. The van der Waals surface area contributed by atoms with Crippen molar-refractivity contribution in [3.8, 4) is 0 Å². The zero-order chi connectivity index (χ0) is 20.0. The minimum absolute atomic E-state index is 0.0647. The number of nitrogens with one attached hydrogen (secondary N) is 1. The molecule has 1 unspecified atom stereocenters. The molecule has 1 aliphatic rings. The van der Waals surface area contributed by atoms with Gasteiger partial charge < -0.3 is 19.6 Å². The number of aromatic nitrogens is 1. The predicted octanol–water partition coefficient (Wildman–Crippen LogP) is 1.11. The van der Waals surface area contributed by atoms with Crippen LogP contribution in [0.3, 0.4) is 0 Å². The van der Waals surface area contributed by atoms with E-state index in [0.29, 0.717) is 31.3 Å². The number of hydrogen-bond donors (Lipinski definition) is 2. The molecule has 0 aliphatic carbocycles. The standard InChI is InChI=1S/C19H34N4O4/c1-14(2)20-18(25)16-13-26-17(21-16)11-23-8-6-22(7-9-23)10-15(24)12-27-19(3,4)5/h13-15,24H,6-12H2,1-5H3,(H,20,25). The van der Waals surface area contributed by atoms with E-state index in [1.807, 2.05) is 34.6 Å². The third-order valence-corrected chi connectivity index (χ3v) is 4.21. The quantitative estimate of drug-likeness (QED) is 0.696. The third kappa shape index (κ3) is 7.96. The van der Waals surface area contributed by atoms with Gasteiger partial charge in [0, 0.05) is 38.8 Å². The highest BCUT2D eigenvalue weighted by Gasteiger charge is 2.22. The van der Waals surface area contributed by atoms with Crippen molar-refractivity contribution in [2.24, 2.45) is 0 Å². The fourth-order valence-electron chi connectivity index (χ4n) is 2.84. The summed E-state index contributed by atoms with van der Waals surface area (Å²) in [6, 6.07) is 0.0647. The van der Waals surface area contributed by atoms with E-state index in [2.05, 4.69) is 20.1 Å². The third-order valence-electron chi connectivity index (χ3n) is 4.21. The van der Waals surface area contributed by atoms with Crippen LogP contribution in [0.15, 0.2) is 10.7 Å². The van der Waals surface area contributed by atoms with Gasteiger partial charge in [0.05, 0.1) is 24.9 Å². The van der Waals surface area contributed by atoms with E-state index in [9.17, 15) is 9.90 Å². The number of carbonyl (C=O) groups is 1. The molecule has 0 saturated carbocycles. The van der Waals surface area contributed by atoms with E-state index >= 15 is 0 Å². The molecule has 27 heavy (non-hydrogen) atoms. The Labute approximate surface area is 161 Å². The van der Waals surface area contributed by atoms with E-state index in [-0.39, 0.29) is 17.6 Å². The van der Waals surface area contributed by atoms with Gasteiger partial charge in [0.15, 0.2) is 5.69 Å². The van der Waals surface area contributed by atoms with Gasteiger partial charge in [-0.2, -0.15) is 0 Å². The minimum atomic E-state index is -0.482. The van der Waals surface area contributed by atoms with Crippen molar-refractivity contribution >= 4 is 5.91 Å². The average Bonchev–Trinajstić information content (AvgIpc) is 3.02. The summed E-state index contributed by atoms with van der Waals surface area (Å²) < 4.78 is 11.1. The summed E-state index contributed by atoms with van der Waals surface area (Å²) in [5.74, 6) is 0.340. The number of amides is 1. The SMILES string of the molecule is CC(C)NC(=O)c1coc(CN2CCN(CC(O)COC(C)(C)C)CC2)n1. The number of ether oxygens (including phenoxy) is 1. The van der Waals surface area contributed by atoms with Crippen molar-refractivity contribution in [2.45, 2.75) is 58.9 Å². The van der Waals surface area contributed by atoms with Gasteiger partial charge in [-0.3, -0.25) is 14.6 Å². The molecule has 0 bridgehead atoms. The first-order valence-electron chi connectivity index (χ1n) is 9.64. The smallest absolute Gasteiger partial charge is 0.273 e. The average molecular weight is 383 g/mol. The molecular weight excluding hydrogens is 348 g/mol. The van der Waals surface area contributed by atoms with Crippen LogP contribution < -0.4 is 5.32 Å². The fourth-order valence-corrected chi connectivity index (χ4v) is 2.84. The zero-order valence-corrected chi connectivity index (χ0v) is 17.2.